The van der Waals surface area contributed by atoms with E-state index in [2.05, 4.69) is 0 Å². The van der Waals surface area contributed by atoms with Crippen LogP contribution in [0.3, 0.4) is 0 Å². The maximum Gasteiger partial charge on any atom is 0.323 e. The molecule has 0 spiro atoms. The predicted molar refractivity (Wildman–Crippen MR) is 68.5 cm³/mol. The number of aliphatic carboxylic acids is 1. The number of carbonyl (C=O) groups excluding carboxylic acids is 1. The average molecular weight is 270 g/mol. The summed E-state index contributed by atoms with van der Waals surface area (Å²) >= 11 is 0. The highest BCUT2D eigenvalue weighted by Crippen LogP contribution is 2.35. The van der Waals surface area contributed by atoms with Crippen LogP contribution in [0.1, 0.15) is 25.7 Å². The van der Waals surface area contributed by atoms with E-state index in [1.54, 1.807) is 0 Å². The monoisotopic (exact) mass is 270 g/mol. The van der Waals surface area contributed by atoms with Crippen LogP contribution in [0.2, 0.25) is 0 Å². The SMILES string of the molecule is NCC1(C(=O)N(CC(=O)O)CC2CC2)CCOCC1. The topological polar surface area (TPSA) is 92.9 Å². The number of ether oxygens (including phenoxy) is 1. The third kappa shape index (κ3) is 3.45. The first kappa shape index (κ1) is 14.3. The number of hydrogen-bond donors (Lipinski definition) is 2. The summed E-state index contributed by atoms with van der Waals surface area (Å²) in [7, 11) is 0. The van der Waals surface area contributed by atoms with Crippen LogP contribution in [0.5, 0.6) is 0 Å². The molecule has 0 radical (unpaired) electrons. The van der Waals surface area contributed by atoms with E-state index in [1.807, 2.05) is 0 Å². The number of carbonyl (C=O) groups is 2. The molecule has 0 bridgehead atoms. The summed E-state index contributed by atoms with van der Waals surface area (Å²) in [4.78, 5) is 25.1. The first-order chi connectivity index (χ1) is 9.07. The minimum Gasteiger partial charge on any atom is -0.480 e. The van der Waals surface area contributed by atoms with Gasteiger partial charge in [-0.05, 0) is 31.6 Å². The molecular weight excluding hydrogens is 248 g/mol. The zero-order chi connectivity index (χ0) is 13.9. The molecule has 19 heavy (non-hydrogen) atoms. The summed E-state index contributed by atoms with van der Waals surface area (Å²) < 4.78 is 5.29. The Labute approximate surface area is 112 Å². The molecule has 1 aliphatic carbocycles. The highest BCUT2D eigenvalue weighted by molar-refractivity contribution is 5.86. The Balaban J connectivity index is 2.08. The van der Waals surface area contributed by atoms with E-state index < -0.39 is 11.4 Å². The van der Waals surface area contributed by atoms with Crippen molar-refractivity contribution in [3.05, 3.63) is 0 Å². The highest BCUT2D eigenvalue weighted by atomic mass is 16.5. The smallest absolute Gasteiger partial charge is 0.323 e. The van der Waals surface area contributed by atoms with Gasteiger partial charge in [-0.15, -0.1) is 0 Å². The van der Waals surface area contributed by atoms with Crippen molar-refractivity contribution in [2.45, 2.75) is 25.7 Å². The summed E-state index contributed by atoms with van der Waals surface area (Å²) in [6.07, 6.45) is 3.34. The zero-order valence-corrected chi connectivity index (χ0v) is 11.1. The van der Waals surface area contributed by atoms with Gasteiger partial charge in [0.05, 0.1) is 5.41 Å². The van der Waals surface area contributed by atoms with E-state index in [1.165, 1.54) is 4.90 Å². The normalized spacial score (nSPS) is 21.9. The molecule has 0 aromatic carbocycles. The van der Waals surface area contributed by atoms with Crippen molar-refractivity contribution in [2.75, 3.05) is 32.8 Å². The van der Waals surface area contributed by atoms with Crippen LogP contribution < -0.4 is 5.73 Å². The van der Waals surface area contributed by atoms with Crippen molar-refractivity contribution in [1.82, 2.24) is 4.90 Å². The fourth-order valence-corrected chi connectivity index (χ4v) is 2.60. The molecule has 2 rings (SSSR count). The lowest BCUT2D eigenvalue weighted by atomic mass is 9.78. The van der Waals surface area contributed by atoms with Gasteiger partial charge in [0, 0.05) is 26.3 Å². The van der Waals surface area contributed by atoms with Crippen molar-refractivity contribution in [3.8, 4) is 0 Å². The van der Waals surface area contributed by atoms with Crippen molar-refractivity contribution in [1.29, 1.82) is 0 Å². The molecule has 2 aliphatic rings. The summed E-state index contributed by atoms with van der Waals surface area (Å²) in [5.74, 6) is -0.598. The lowest BCUT2D eigenvalue weighted by Crippen LogP contribution is -2.52. The zero-order valence-electron chi connectivity index (χ0n) is 11.1. The largest absolute Gasteiger partial charge is 0.480 e. The van der Waals surface area contributed by atoms with Crippen LogP contribution in [0.15, 0.2) is 0 Å². The highest BCUT2D eigenvalue weighted by Gasteiger charge is 2.43. The van der Waals surface area contributed by atoms with Crippen LogP contribution in [0.4, 0.5) is 0 Å². The Morgan fingerprint density at radius 3 is 2.42 bits per heavy atom. The number of nitrogens with zero attached hydrogens (tertiary/aromatic N) is 1. The average Bonchev–Trinajstić information content (AvgIpc) is 3.21. The number of amides is 1. The van der Waals surface area contributed by atoms with Gasteiger partial charge in [-0.1, -0.05) is 0 Å². The Kier molecular flexibility index (Phi) is 4.42. The molecule has 2 fully saturated rings. The van der Waals surface area contributed by atoms with Crippen molar-refractivity contribution in [2.24, 2.45) is 17.1 Å². The predicted octanol–water partition coefficient (Wildman–Crippen LogP) is 0.0651. The second-order valence-corrected chi connectivity index (χ2v) is 5.62. The fourth-order valence-electron chi connectivity index (χ4n) is 2.60. The molecule has 1 heterocycles. The summed E-state index contributed by atoms with van der Waals surface area (Å²) in [5, 5.41) is 8.97. The molecule has 1 saturated carbocycles. The summed E-state index contributed by atoms with van der Waals surface area (Å²) in [6.45, 7) is 1.63. The van der Waals surface area contributed by atoms with E-state index in [4.69, 9.17) is 15.6 Å². The van der Waals surface area contributed by atoms with Gasteiger partial charge in [0.15, 0.2) is 0 Å². The molecule has 0 atom stereocenters. The molecule has 108 valence electrons. The van der Waals surface area contributed by atoms with Crippen molar-refractivity contribution >= 4 is 11.9 Å². The lowest BCUT2D eigenvalue weighted by Gasteiger charge is -2.38. The van der Waals surface area contributed by atoms with Crippen LogP contribution in [-0.4, -0.2) is 54.7 Å². The van der Waals surface area contributed by atoms with E-state index in [9.17, 15) is 9.59 Å². The minimum absolute atomic E-state index is 0.104. The van der Waals surface area contributed by atoms with E-state index in [0.29, 0.717) is 38.5 Å². The fraction of sp³-hybridized carbons (Fsp3) is 0.846. The van der Waals surface area contributed by atoms with Crippen LogP contribution in [0.25, 0.3) is 0 Å². The number of rotatable bonds is 6. The second kappa shape index (κ2) is 5.88. The number of nitrogens with two attached hydrogens (primary N) is 1. The number of carboxylic acid groups (broad SMARTS) is 1. The molecule has 0 unspecified atom stereocenters. The van der Waals surface area contributed by atoms with Crippen LogP contribution in [0, 0.1) is 11.3 Å². The second-order valence-electron chi connectivity index (χ2n) is 5.62. The Hall–Kier alpha value is -1.14. The molecule has 1 saturated heterocycles. The Morgan fingerprint density at radius 2 is 1.95 bits per heavy atom. The van der Waals surface area contributed by atoms with E-state index >= 15 is 0 Å². The molecule has 3 N–H and O–H groups in total. The van der Waals surface area contributed by atoms with Crippen molar-refractivity contribution in [3.63, 3.8) is 0 Å². The minimum atomic E-state index is -0.965. The number of carboxylic acids is 1. The van der Waals surface area contributed by atoms with Crippen molar-refractivity contribution < 1.29 is 19.4 Å². The maximum atomic E-state index is 12.7. The summed E-state index contributed by atoms with van der Waals surface area (Å²) in [6, 6.07) is 0. The molecule has 1 aliphatic heterocycles. The molecule has 1 amide bonds. The Bertz CT molecular complexity index is 349. The van der Waals surface area contributed by atoms with Gasteiger partial charge in [-0.3, -0.25) is 9.59 Å². The number of hydrogen-bond acceptors (Lipinski definition) is 4. The van der Waals surface area contributed by atoms with Gasteiger partial charge in [0.1, 0.15) is 6.54 Å². The first-order valence-corrected chi connectivity index (χ1v) is 6.86. The van der Waals surface area contributed by atoms with Gasteiger partial charge < -0.3 is 20.5 Å². The first-order valence-electron chi connectivity index (χ1n) is 6.86. The molecule has 0 aromatic heterocycles. The molecular formula is C13H22N2O4. The molecule has 6 nitrogen and oxygen atoms in total. The van der Waals surface area contributed by atoms with E-state index in [-0.39, 0.29) is 19.0 Å². The lowest BCUT2D eigenvalue weighted by molar-refractivity contribution is -0.153. The third-order valence-electron chi connectivity index (χ3n) is 4.08. The maximum absolute atomic E-state index is 12.7. The third-order valence-corrected chi connectivity index (χ3v) is 4.08. The van der Waals surface area contributed by atoms with Crippen LogP contribution in [-0.2, 0) is 14.3 Å². The molecule has 6 heteroatoms. The quantitative estimate of drug-likeness (QED) is 0.712. The van der Waals surface area contributed by atoms with Gasteiger partial charge in [-0.2, -0.15) is 0 Å². The van der Waals surface area contributed by atoms with Gasteiger partial charge >= 0.3 is 5.97 Å². The van der Waals surface area contributed by atoms with Crippen LogP contribution >= 0.6 is 0 Å². The standard InChI is InChI=1S/C13H22N2O4/c14-9-13(3-5-19-6-4-13)12(18)15(8-11(16)17)7-10-1-2-10/h10H,1-9,14H2,(H,16,17). The Morgan fingerprint density at radius 1 is 1.32 bits per heavy atom. The van der Waals surface area contributed by atoms with E-state index in [0.717, 1.165) is 12.8 Å². The van der Waals surface area contributed by atoms with Gasteiger partial charge in [0.2, 0.25) is 5.91 Å². The summed E-state index contributed by atoms with van der Waals surface area (Å²) in [5.41, 5.74) is 5.18. The van der Waals surface area contributed by atoms with Gasteiger partial charge in [-0.25, -0.2) is 0 Å². The van der Waals surface area contributed by atoms with Gasteiger partial charge in [0.25, 0.3) is 0 Å². The molecule has 0 aromatic rings.